The predicted octanol–water partition coefficient (Wildman–Crippen LogP) is 2.45. The van der Waals surface area contributed by atoms with Crippen LogP contribution in [0.3, 0.4) is 0 Å². The number of aromatic nitrogens is 4. The summed E-state index contributed by atoms with van der Waals surface area (Å²) in [5.41, 5.74) is 0.119. The lowest BCUT2D eigenvalue weighted by atomic mass is 9.88. The number of likely N-dealkylation sites (N-methyl/N-ethyl adjacent to an activating group) is 1. The number of nitrogens with one attached hydrogen (secondary N) is 1. The number of anilines is 1. The highest BCUT2D eigenvalue weighted by Crippen LogP contribution is 2.39. The zero-order chi connectivity index (χ0) is 22.5. The second-order valence-corrected chi connectivity index (χ2v) is 8.19. The van der Waals surface area contributed by atoms with E-state index in [1.54, 1.807) is 31.3 Å². The average Bonchev–Trinajstić information content (AvgIpc) is 3.35. The van der Waals surface area contributed by atoms with E-state index in [4.69, 9.17) is 4.52 Å². The lowest BCUT2D eigenvalue weighted by Crippen LogP contribution is -2.44. The highest BCUT2D eigenvalue weighted by Gasteiger charge is 2.48. The third-order valence-corrected chi connectivity index (χ3v) is 5.78. The Hall–Kier alpha value is -3.47. The molecule has 1 saturated heterocycles. The molecule has 11 heteroatoms. The van der Waals surface area contributed by atoms with Gasteiger partial charge in [0.2, 0.25) is 11.5 Å². The molecule has 1 amide bonds. The molecule has 0 aromatic carbocycles. The molecule has 0 radical (unpaired) electrons. The van der Waals surface area contributed by atoms with E-state index < -0.39 is 17.4 Å². The molecule has 2 N–H and O–H groups in total. The Kier molecular flexibility index (Phi) is 4.66. The van der Waals surface area contributed by atoms with Crippen LogP contribution in [0.2, 0.25) is 0 Å². The number of aliphatic hydroxyl groups is 1. The molecule has 2 fully saturated rings. The van der Waals surface area contributed by atoms with Gasteiger partial charge in [0.1, 0.15) is 5.69 Å². The zero-order valence-electron chi connectivity index (χ0n) is 17.1. The summed E-state index contributed by atoms with van der Waals surface area (Å²) in [6, 6.07) is 8.03. The molecule has 32 heavy (non-hydrogen) atoms. The molecule has 0 spiro atoms. The van der Waals surface area contributed by atoms with E-state index in [-0.39, 0.29) is 37.0 Å². The van der Waals surface area contributed by atoms with Gasteiger partial charge >= 0.3 is 0 Å². The van der Waals surface area contributed by atoms with Gasteiger partial charge in [0.05, 0.1) is 17.1 Å². The fourth-order valence-electron chi connectivity index (χ4n) is 3.91. The van der Waals surface area contributed by atoms with Crippen molar-refractivity contribution in [2.75, 3.05) is 18.9 Å². The van der Waals surface area contributed by atoms with Crippen LogP contribution in [0.1, 0.15) is 25.0 Å². The Balaban J connectivity index is 1.38. The van der Waals surface area contributed by atoms with Gasteiger partial charge < -0.3 is 19.8 Å². The Bertz CT molecular complexity index is 1180. The van der Waals surface area contributed by atoms with Crippen molar-refractivity contribution in [1.29, 1.82) is 0 Å². The number of halogens is 2. The van der Waals surface area contributed by atoms with Crippen LogP contribution in [-0.2, 0) is 10.4 Å². The van der Waals surface area contributed by atoms with Crippen molar-refractivity contribution in [3.63, 3.8) is 0 Å². The maximum Gasteiger partial charge on any atom is 0.262 e. The first kappa shape index (κ1) is 20.4. The van der Waals surface area contributed by atoms with Crippen LogP contribution in [0.4, 0.5) is 14.7 Å². The molecule has 3 aromatic heterocycles. The number of hydrogen-bond donors (Lipinski definition) is 2. The Morgan fingerprint density at radius 1 is 1.16 bits per heavy atom. The van der Waals surface area contributed by atoms with Gasteiger partial charge in [-0.2, -0.15) is 0 Å². The lowest BCUT2D eigenvalue weighted by molar-refractivity contribution is -0.144. The Labute approximate surface area is 181 Å². The van der Waals surface area contributed by atoms with Gasteiger partial charge in [-0.25, -0.2) is 23.7 Å². The van der Waals surface area contributed by atoms with Gasteiger partial charge in [0, 0.05) is 51.2 Å². The van der Waals surface area contributed by atoms with Gasteiger partial charge in [0.15, 0.2) is 5.76 Å². The normalized spacial score (nSPS) is 22.8. The number of likely N-dealkylation sites (tertiary alicyclic amines) is 1. The molecule has 3 aromatic rings. The van der Waals surface area contributed by atoms with E-state index in [0.29, 0.717) is 29.3 Å². The van der Waals surface area contributed by atoms with Crippen LogP contribution < -0.4 is 5.32 Å². The number of nitrogens with zero attached hydrogens (tertiary/aromatic N) is 5. The van der Waals surface area contributed by atoms with Crippen molar-refractivity contribution in [1.82, 2.24) is 25.0 Å². The van der Waals surface area contributed by atoms with Gasteiger partial charge in [-0.05, 0) is 18.2 Å². The second kappa shape index (κ2) is 7.30. The standard InChI is InChI=1S/C21H20F2N6O3/c1-29-8-6-21(31,18(29)30)17-9-16(28-32-17)14-4-2-3-13(26-14)15-5-7-24-19(27-15)25-12-10-20(22,23)11-12/h2-5,7,9,12,31H,6,8,10-11H2,1H3,(H,24,25,27)/t21-/m1/s1. The van der Waals surface area contributed by atoms with E-state index in [1.165, 1.54) is 17.2 Å². The minimum atomic E-state index is -2.63. The molecule has 0 bridgehead atoms. The molecule has 0 unspecified atom stereocenters. The maximum atomic E-state index is 13.1. The third-order valence-electron chi connectivity index (χ3n) is 5.78. The quantitative estimate of drug-likeness (QED) is 0.619. The average molecular weight is 442 g/mol. The summed E-state index contributed by atoms with van der Waals surface area (Å²) < 4.78 is 31.4. The van der Waals surface area contributed by atoms with E-state index in [0.717, 1.165) is 0 Å². The monoisotopic (exact) mass is 442 g/mol. The van der Waals surface area contributed by atoms with Crippen molar-refractivity contribution < 1.29 is 23.2 Å². The largest absolute Gasteiger partial charge is 0.373 e. The van der Waals surface area contributed by atoms with Crippen molar-refractivity contribution in [3.05, 3.63) is 42.3 Å². The summed E-state index contributed by atoms with van der Waals surface area (Å²) in [5, 5.41) is 17.6. The summed E-state index contributed by atoms with van der Waals surface area (Å²) >= 11 is 0. The van der Waals surface area contributed by atoms with E-state index in [9.17, 15) is 18.7 Å². The lowest BCUT2D eigenvalue weighted by Gasteiger charge is -2.35. The first-order chi connectivity index (χ1) is 15.2. The zero-order valence-corrected chi connectivity index (χ0v) is 17.1. The number of carbonyl (C=O) groups is 1. The molecule has 1 saturated carbocycles. The molecule has 5 rings (SSSR count). The van der Waals surface area contributed by atoms with Crippen molar-refractivity contribution in [3.8, 4) is 22.8 Å². The van der Waals surface area contributed by atoms with Gasteiger partial charge in [0.25, 0.3) is 11.8 Å². The number of rotatable bonds is 5. The molecule has 2 aliphatic rings. The molecule has 1 atom stereocenters. The minimum Gasteiger partial charge on any atom is -0.373 e. The third kappa shape index (κ3) is 3.58. The van der Waals surface area contributed by atoms with Crippen LogP contribution in [-0.4, -0.2) is 61.6 Å². The van der Waals surface area contributed by atoms with Crippen molar-refractivity contribution in [2.45, 2.75) is 36.8 Å². The van der Waals surface area contributed by atoms with Crippen LogP contribution in [0.5, 0.6) is 0 Å². The molecule has 166 valence electrons. The van der Waals surface area contributed by atoms with Crippen LogP contribution in [0.15, 0.2) is 41.1 Å². The number of hydrogen-bond acceptors (Lipinski definition) is 8. The minimum absolute atomic E-state index is 0.0693. The van der Waals surface area contributed by atoms with Crippen LogP contribution >= 0.6 is 0 Å². The summed E-state index contributed by atoms with van der Waals surface area (Å²) in [4.78, 5) is 26.8. The molecule has 9 nitrogen and oxygen atoms in total. The van der Waals surface area contributed by atoms with Gasteiger partial charge in [-0.3, -0.25) is 4.79 Å². The molecule has 4 heterocycles. The Morgan fingerprint density at radius 3 is 2.56 bits per heavy atom. The van der Waals surface area contributed by atoms with E-state index >= 15 is 0 Å². The number of pyridine rings is 1. The highest BCUT2D eigenvalue weighted by atomic mass is 19.3. The number of carbonyl (C=O) groups excluding carboxylic acids is 1. The fraction of sp³-hybridized carbons (Fsp3) is 0.381. The first-order valence-electron chi connectivity index (χ1n) is 10.1. The van der Waals surface area contributed by atoms with Crippen molar-refractivity contribution in [2.24, 2.45) is 0 Å². The van der Waals surface area contributed by atoms with Crippen LogP contribution in [0, 0.1) is 0 Å². The fourth-order valence-corrected chi connectivity index (χ4v) is 3.91. The highest BCUT2D eigenvalue weighted by molar-refractivity contribution is 5.87. The molecule has 1 aliphatic heterocycles. The second-order valence-electron chi connectivity index (χ2n) is 8.19. The smallest absolute Gasteiger partial charge is 0.262 e. The van der Waals surface area contributed by atoms with Gasteiger partial charge in [-0.1, -0.05) is 11.2 Å². The summed E-state index contributed by atoms with van der Waals surface area (Å²) in [6.07, 6.45) is 1.26. The SMILES string of the molecule is CN1CC[C@@](O)(c2cc(-c3cccc(-c4ccnc(NC5CC(F)(F)C5)n4)n3)no2)C1=O. The van der Waals surface area contributed by atoms with Crippen molar-refractivity contribution >= 4 is 11.9 Å². The van der Waals surface area contributed by atoms with E-state index in [1.807, 2.05) is 0 Å². The predicted molar refractivity (Wildman–Crippen MR) is 109 cm³/mol. The molecular formula is C21H20F2N6O3. The first-order valence-corrected chi connectivity index (χ1v) is 10.1. The Morgan fingerprint density at radius 2 is 1.88 bits per heavy atom. The summed E-state index contributed by atoms with van der Waals surface area (Å²) in [6.45, 7) is 0.418. The molecular weight excluding hydrogens is 422 g/mol. The molecule has 1 aliphatic carbocycles. The summed E-state index contributed by atoms with van der Waals surface area (Å²) in [5.74, 6) is -2.75. The van der Waals surface area contributed by atoms with Gasteiger partial charge in [-0.15, -0.1) is 0 Å². The number of alkyl halides is 2. The topological polar surface area (TPSA) is 117 Å². The van der Waals surface area contributed by atoms with Crippen LogP contribution in [0.25, 0.3) is 22.8 Å². The summed E-state index contributed by atoms with van der Waals surface area (Å²) in [7, 11) is 1.62. The van der Waals surface area contributed by atoms with E-state index in [2.05, 4.69) is 25.4 Å². The number of amides is 1. The maximum absolute atomic E-state index is 13.1.